The van der Waals surface area contributed by atoms with Crippen LogP contribution in [-0.4, -0.2) is 6.04 Å². The smallest absolute Gasteiger partial charge is 0.0297 e. The van der Waals surface area contributed by atoms with Crippen LogP contribution in [0.4, 0.5) is 0 Å². The average Bonchev–Trinajstić information content (AvgIpc) is 2.45. The van der Waals surface area contributed by atoms with Crippen molar-refractivity contribution in [1.29, 1.82) is 0 Å². The van der Waals surface area contributed by atoms with E-state index < -0.39 is 0 Å². The Morgan fingerprint density at radius 3 is 2.47 bits per heavy atom. The van der Waals surface area contributed by atoms with Crippen molar-refractivity contribution < 1.29 is 0 Å². The van der Waals surface area contributed by atoms with Gasteiger partial charge in [-0.2, -0.15) is 0 Å². The fourth-order valence-electron chi connectivity index (χ4n) is 4.28. The zero-order valence-electron chi connectivity index (χ0n) is 12.4. The van der Waals surface area contributed by atoms with E-state index in [9.17, 15) is 0 Å². The Morgan fingerprint density at radius 2 is 1.84 bits per heavy atom. The molecule has 1 unspecified atom stereocenters. The van der Waals surface area contributed by atoms with Gasteiger partial charge in [-0.1, -0.05) is 43.5 Å². The zero-order valence-corrected chi connectivity index (χ0v) is 12.4. The number of hydrogen-bond acceptors (Lipinski definition) is 1. The largest absolute Gasteiger partial charge is 0.307 e. The van der Waals surface area contributed by atoms with E-state index in [0.29, 0.717) is 11.5 Å². The van der Waals surface area contributed by atoms with Gasteiger partial charge in [-0.15, -0.1) is 0 Å². The van der Waals surface area contributed by atoms with Gasteiger partial charge in [0.1, 0.15) is 0 Å². The van der Waals surface area contributed by atoms with Gasteiger partial charge in [0.15, 0.2) is 0 Å². The van der Waals surface area contributed by atoms with E-state index in [-0.39, 0.29) is 0 Å². The van der Waals surface area contributed by atoms with Crippen LogP contribution in [0.2, 0.25) is 0 Å². The quantitative estimate of drug-likeness (QED) is 0.823. The first-order valence-corrected chi connectivity index (χ1v) is 8.03. The zero-order chi connectivity index (χ0) is 13.3. The van der Waals surface area contributed by atoms with Crippen LogP contribution in [0.5, 0.6) is 0 Å². The predicted molar refractivity (Wildman–Crippen MR) is 81.3 cm³/mol. The first kappa shape index (κ1) is 13.2. The van der Waals surface area contributed by atoms with E-state index >= 15 is 0 Å². The normalized spacial score (nSPS) is 26.9. The van der Waals surface area contributed by atoms with E-state index in [1.807, 2.05) is 0 Å². The summed E-state index contributed by atoms with van der Waals surface area (Å²) in [4.78, 5) is 0. The minimum Gasteiger partial charge on any atom is -0.307 e. The Balaban J connectivity index is 1.67. The maximum absolute atomic E-state index is 3.93. The van der Waals surface area contributed by atoms with E-state index in [4.69, 9.17) is 0 Å². The molecule has 2 aliphatic rings. The molecule has 0 aromatic heterocycles. The van der Waals surface area contributed by atoms with Gasteiger partial charge in [0, 0.05) is 12.1 Å². The standard InChI is InChI=1S/C18H27N/c1-14-8-4-5-9-16(14)15(2)19-17-10-13-18(17)11-6-3-7-12-18/h4-5,8-9,15,17,19H,3,6-7,10-13H2,1-2H3/t15-,17?/m0/s1. The molecule has 19 heavy (non-hydrogen) atoms. The molecule has 1 spiro atoms. The summed E-state index contributed by atoms with van der Waals surface area (Å²) < 4.78 is 0. The second-order valence-corrected chi connectivity index (χ2v) is 6.76. The summed E-state index contributed by atoms with van der Waals surface area (Å²) >= 11 is 0. The molecule has 1 N–H and O–H groups in total. The van der Waals surface area contributed by atoms with Crippen molar-refractivity contribution in [2.75, 3.05) is 0 Å². The fourth-order valence-corrected chi connectivity index (χ4v) is 4.28. The minimum atomic E-state index is 0.491. The van der Waals surface area contributed by atoms with Gasteiger partial charge < -0.3 is 5.32 Å². The lowest BCUT2D eigenvalue weighted by atomic mass is 9.57. The topological polar surface area (TPSA) is 12.0 Å². The molecule has 1 nitrogen and oxygen atoms in total. The molecular formula is C18H27N. The van der Waals surface area contributed by atoms with Crippen molar-refractivity contribution in [2.45, 2.75) is 70.9 Å². The van der Waals surface area contributed by atoms with Crippen LogP contribution >= 0.6 is 0 Å². The molecule has 2 fully saturated rings. The highest BCUT2D eigenvalue weighted by molar-refractivity contribution is 5.28. The average molecular weight is 257 g/mol. The Labute approximate surface area is 117 Å². The molecule has 2 atom stereocenters. The molecule has 1 heteroatoms. The Kier molecular flexibility index (Phi) is 3.66. The third-order valence-corrected chi connectivity index (χ3v) is 5.63. The number of rotatable bonds is 3. The van der Waals surface area contributed by atoms with Crippen molar-refractivity contribution in [3.63, 3.8) is 0 Å². The highest BCUT2D eigenvalue weighted by Gasteiger charge is 2.46. The van der Waals surface area contributed by atoms with Gasteiger partial charge in [0.05, 0.1) is 0 Å². The molecule has 0 saturated heterocycles. The molecular weight excluding hydrogens is 230 g/mol. The van der Waals surface area contributed by atoms with Crippen LogP contribution in [0.1, 0.15) is 69.0 Å². The van der Waals surface area contributed by atoms with Crippen LogP contribution in [0.15, 0.2) is 24.3 Å². The monoisotopic (exact) mass is 257 g/mol. The first-order valence-electron chi connectivity index (χ1n) is 8.03. The summed E-state index contributed by atoms with van der Waals surface area (Å²) in [5.74, 6) is 0. The van der Waals surface area contributed by atoms with Crippen LogP contribution in [-0.2, 0) is 0 Å². The number of benzene rings is 1. The van der Waals surface area contributed by atoms with Crippen molar-refractivity contribution >= 4 is 0 Å². The summed E-state index contributed by atoms with van der Waals surface area (Å²) in [5, 5.41) is 3.93. The molecule has 2 saturated carbocycles. The molecule has 0 amide bonds. The highest BCUT2D eigenvalue weighted by atomic mass is 15.0. The second-order valence-electron chi connectivity index (χ2n) is 6.76. The lowest BCUT2D eigenvalue weighted by Gasteiger charge is -2.53. The van der Waals surface area contributed by atoms with Crippen molar-refractivity contribution in [1.82, 2.24) is 5.32 Å². The summed E-state index contributed by atoms with van der Waals surface area (Å²) in [6.07, 6.45) is 10.1. The lowest BCUT2D eigenvalue weighted by molar-refractivity contribution is 0.0174. The minimum absolute atomic E-state index is 0.491. The molecule has 0 aliphatic heterocycles. The van der Waals surface area contributed by atoms with Crippen LogP contribution in [0.3, 0.4) is 0 Å². The lowest BCUT2D eigenvalue weighted by Crippen LogP contribution is -2.54. The fraction of sp³-hybridized carbons (Fsp3) is 0.667. The molecule has 0 heterocycles. The summed E-state index contributed by atoms with van der Waals surface area (Å²) in [6, 6.07) is 10.1. The third kappa shape index (κ3) is 2.45. The molecule has 1 aromatic rings. The molecule has 0 radical (unpaired) electrons. The van der Waals surface area contributed by atoms with Gasteiger partial charge in [-0.25, -0.2) is 0 Å². The third-order valence-electron chi connectivity index (χ3n) is 5.63. The predicted octanol–water partition coefficient (Wildman–Crippen LogP) is 4.76. The second kappa shape index (κ2) is 5.28. The van der Waals surface area contributed by atoms with Crippen LogP contribution in [0, 0.1) is 12.3 Å². The van der Waals surface area contributed by atoms with Crippen molar-refractivity contribution in [2.24, 2.45) is 5.41 Å². The van der Waals surface area contributed by atoms with Gasteiger partial charge in [-0.05, 0) is 56.1 Å². The van der Waals surface area contributed by atoms with Crippen LogP contribution in [0.25, 0.3) is 0 Å². The SMILES string of the molecule is Cc1ccccc1[C@H](C)NC1CCC12CCCCC2. The highest BCUT2D eigenvalue weighted by Crippen LogP contribution is 2.52. The Hall–Kier alpha value is -0.820. The number of hydrogen-bond donors (Lipinski definition) is 1. The molecule has 0 bridgehead atoms. The van der Waals surface area contributed by atoms with Gasteiger partial charge in [-0.3, -0.25) is 0 Å². The molecule has 104 valence electrons. The van der Waals surface area contributed by atoms with E-state index in [1.54, 1.807) is 0 Å². The van der Waals surface area contributed by atoms with Gasteiger partial charge >= 0.3 is 0 Å². The first-order chi connectivity index (χ1) is 9.21. The van der Waals surface area contributed by atoms with Crippen LogP contribution < -0.4 is 5.32 Å². The van der Waals surface area contributed by atoms with E-state index in [2.05, 4.69) is 43.4 Å². The number of aryl methyl sites for hydroxylation is 1. The Bertz CT molecular complexity index is 431. The Morgan fingerprint density at radius 1 is 1.11 bits per heavy atom. The molecule has 1 aromatic carbocycles. The van der Waals surface area contributed by atoms with Crippen molar-refractivity contribution in [3.8, 4) is 0 Å². The number of nitrogens with one attached hydrogen (secondary N) is 1. The molecule has 3 rings (SSSR count). The maximum Gasteiger partial charge on any atom is 0.0297 e. The van der Waals surface area contributed by atoms with Gasteiger partial charge in [0.2, 0.25) is 0 Å². The summed E-state index contributed by atoms with van der Waals surface area (Å²) in [5.41, 5.74) is 3.55. The van der Waals surface area contributed by atoms with E-state index in [1.165, 1.54) is 56.1 Å². The summed E-state index contributed by atoms with van der Waals surface area (Å²) in [7, 11) is 0. The maximum atomic E-state index is 3.93. The molecule has 2 aliphatic carbocycles. The summed E-state index contributed by atoms with van der Waals surface area (Å²) in [6.45, 7) is 4.56. The van der Waals surface area contributed by atoms with Crippen molar-refractivity contribution in [3.05, 3.63) is 35.4 Å². The van der Waals surface area contributed by atoms with E-state index in [0.717, 1.165) is 6.04 Å². The van der Waals surface area contributed by atoms with Gasteiger partial charge in [0.25, 0.3) is 0 Å².